The SMILES string of the molecule is C[C@H](N)CCCc1cc(Cl)c(F)c(-c2cc3cn(-c4ccc([C@@H]5CCC[C@@H](CCc6c[nH]cn6)N5)cc4)c(=O)nc3[nH]2)c1. The van der Waals surface area contributed by atoms with Crippen molar-refractivity contribution in [2.24, 2.45) is 5.73 Å². The van der Waals surface area contributed by atoms with Gasteiger partial charge in [-0.3, -0.25) is 4.57 Å². The van der Waals surface area contributed by atoms with Crippen molar-refractivity contribution in [3.8, 4) is 16.9 Å². The average Bonchev–Trinajstić information content (AvgIpc) is 3.67. The van der Waals surface area contributed by atoms with E-state index in [1.807, 2.05) is 31.3 Å². The average molecular weight is 602 g/mol. The molecule has 3 atom stereocenters. The van der Waals surface area contributed by atoms with E-state index >= 15 is 4.39 Å². The molecule has 0 radical (unpaired) electrons. The highest BCUT2D eigenvalue weighted by molar-refractivity contribution is 6.31. The van der Waals surface area contributed by atoms with Gasteiger partial charge in [-0.05, 0) is 93.3 Å². The molecule has 224 valence electrons. The smallest absolute Gasteiger partial charge is 0.351 e. The lowest BCUT2D eigenvalue weighted by molar-refractivity contribution is 0.312. The summed E-state index contributed by atoms with van der Waals surface area (Å²) in [5, 5.41) is 4.57. The lowest BCUT2D eigenvalue weighted by Crippen LogP contribution is -2.37. The zero-order valence-electron chi connectivity index (χ0n) is 24.2. The van der Waals surface area contributed by atoms with Crippen molar-refractivity contribution in [3.63, 3.8) is 0 Å². The second-order valence-corrected chi connectivity index (χ2v) is 12.1. The molecule has 0 spiro atoms. The Hall–Kier alpha value is -3.79. The Labute approximate surface area is 254 Å². The van der Waals surface area contributed by atoms with Crippen molar-refractivity contribution in [3.05, 3.63) is 99.3 Å². The van der Waals surface area contributed by atoms with Crippen LogP contribution in [0.15, 0.2) is 66.0 Å². The molecule has 6 rings (SSSR count). The molecule has 1 saturated heterocycles. The molecule has 1 fully saturated rings. The summed E-state index contributed by atoms with van der Waals surface area (Å²) in [6, 6.07) is 14.2. The molecule has 0 unspecified atom stereocenters. The van der Waals surface area contributed by atoms with E-state index in [-0.39, 0.29) is 17.1 Å². The summed E-state index contributed by atoms with van der Waals surface area (Å²) in [5.74, 6) is -0.505. The van der Waals surface area contributed by atoms with Crippen molar-refractivity contribution in [2.45, 2.75) is 76.4 Å². The topological polar surface area (TPSA) is 117 Å². The first kappa shape index (κ1) is 29.3. The van der Waals surface area contributed by atoms with E-state index in [0.29, 0.717) is 28.3 Å². The number of piperidine rings is 1. The molecule has 4 heterocycles. The molecule has 5 N–H and O–H groups in total. The molecule has 8 nitrogen and oxygen atoms in total. The predicted octanol–water partition coefficient (Wildman–Crippen LogP) is 6.38. The minimum Gasteiger partial charge on any atom is -0.351 e. The number of hydrogen-bond acceptors (Lipinski definition) is 5. The van der Waals surface area contributed by atoms with E-state index in [4.69, 9.17) is 17.3 Å². The van der Waals surface area contributed by atoms with Gasteiger partial charge in [0.05, 0.1) is 28.4 Å². The van der Waals surface area contributed by atoms with E-state index < -0.39 is 11.5 Å². The minimum atomic E-state index is -0.505. The lowest BCUT2D eigenvalue weighted by Gasteiger charge is -2.31. The fraction of sp³-hybridized carbons (Fsp3) is 0.364. The first-order valence-electron chi connectivity index (χ1n) is 15.0. The maximum absolute atomic E-state index is 15.1. The largest absolute Gasteiger partial charge is 0.354 e. The third-order valence-electron chi connectivity index (χ3n) is 8.37. The van der Waals surface area contributed by atoms with Crippen LogP contribution in [-0.4, -0.2) is 36.6 Å². The molecule has 0 bridgehead atoms. The molecule has 0 amide bonds. The number of nitrogens with zero attached hydrogens (tertiary/aromatic N) is 3. The molecular weight excluding hydrogens is 565 g/mol. The Morgan fingerprint density at radius 3 is 2.77 bits per heavy atom. The fourth-order valence-electron chi connectivity index (χ4n) is 6.07. The molecule has 10 heteroatoms. The van der Waals surface area contributed by atoms with Crippen LogP contribution < -0.4 is 16.7 Å². The van der Waals surface area contributed by atoms with Crippen LogP contribution in [0.3, 0.4) is 0 Å². The van der Waals surface area contributed by atoms with Crippen LogP contribution in [0.1, 0.15) is 68.3 Å². The molecule has 0 saturated carbocycles. The molecule has 43 heavy (non-hydrogen) atoms. The van der Waals surface area contributed by atoms with Gasteiger partial charge in [0, 0.05) is 41.5 Å². The highest BCUT2D eigenvalue weighted by atomic mass is 35.5. The summed E-state index contributed by atoms with van der Waals surface area (Å²) >= 11 is 6.26. The molecule has 2 aromatic carbocycles. The molecule has 1 aliphatic heterocycles. The van der Waals surface area contributed by atoms with Crippen LogP contribution in [0, 0.1) is 5.82 Å². The number of hydrogen-bond donors (Lipinski definition) is 4. The second kappa shape index (κ2) is 12.8. The van der Waals surface area contributed by atoms with Gasteiger partial charge in [-0.15, -0.1) is 0 Å². The normalized spacial score (nSPS) is 17.9. The predicted molar refractivity (Wildman–Crippen MR) is 169 cm³/mol. The Kier molecular flexibility index (Phi) is 8.74. The summed E-state index contributed by atoms with van der Waals surface area (Å²) in [5.41, 5.74) is 10.7. The van der Waals surface area contributed by atoms with E-state index in [0.717, 1.165) is 61.9 Å². The molecule has 0 aliphatic carbocycles. The van der Waals surface area contributed by atoms with Crippen LogP contribution in [-0.2, 0) is 12.8 Å². The van der Waals surface area contributed by atoms with Gasteiger partial charge in [-0.25, -0.2) is 14.2 Å². The summed E-state index contributed by atoms with van der Waals surface area (Å²) in [7, 11) is 0. The monoisotopic (exact) mass is 601 g/mol. The fourth-order valence-corrected chi connectivity index (χ4v) is 6.31. The Morgan fingerprint density at radius 1 is 1.16 bits per heavy atom. The third-order valence-corrected chi connectivity index (χ3v) is 8.65. The van der Waals surface area contributed by atoms with Crippen molar-refractivity contribution in [1.82, 2.24) is 29.8 Å². The zero-order chi connectivity index (χ0) is 29.9. The maximum Gasteiger partial charge on any atom is 0.354 e. The highest BCUT2D eigenvalue weighted by Crippen LogP contribution is 2.32. The van der Waals surface area contributed by atoms with Gasteiger partial charge in [0.15, 0.2) is 5.82 Å². The van der Waals surface area contributed by atoms with Gasteiger partial charge in [-0.2, -0.15) is 4.98 Å². The Balaban J connectivity index is 1.20. The summed E-state index contributed by atoms with van der Waals surface area (Å²) < 4.78 is 16.7. The number of imidazole rings is 1. The number of nitrogens with two attached hydrogens (primary N) is 1. The second-order valence-electron chi connectivity index (χ2n) is 11.7. The third kappa shape index (κ3) is 6.74. The summed E-state index contributed by atoms with van der Waals surface area (Å²) in [4.78, 5) is 27.8. The number of aromatic amines is 2. The number of rotatable bonds is 10. The van der Waals surface area contributed by atoms with Gasteiger partial charge < -0.3 is 21.0 Å². The molecular formula is C33H37ClFN7O. The first-order chi connectivity index (χ1) is 20.8. The van der Waals surface area contributed by atoms with Crippen LogP contribution in [0.5, 0.6) is 0 Å². The standard InChI is InChI=1S/C33H37ClFN7O/c1-20(36)4-2-5-21-14-27(31(35)28(34)15-21)30-16-23-18-42(33(43)41-32(23)40-30)26-12-8-22(9-13-26)29-7-3-6-24(39-29)10-11-25-17-37-19-38-25/h8-9,12-20,24,29,39H,2-7,10-11,36H2,1H3,(H,37,38)(H,40,41,43)/t20-,24-,29-/m0/s1. The highest BCUT2D eigenvalue weighted by Gasteiger charge is 2.22. The van der Waals surface area contributed by atoms with Crippen molar-refractivity contribution in [2.75, 3.05) is 0 Å². The first-order valence-corrected chi connectivity index (χ1v) is 15.4. The number of H-pyrrole nitrogens is 2. The molecule has 5 aromatic rings. The van der Waals surface area contributed by atoms with Crippen molar-refractivity contribution in [1.29, 1.82) is 0 Å². The van der Waals surface area contributed by atoms with Gasteiger partial charge in [-0.1, -0.05) is 30.2 Å². The minimum absolute atomic E-state index is 0.0658. The Morgan fingerprint density at radius 2 is 2.00 bits per heavy atom. The number of aromatic nitrogens is 5. The van der Waals surface area contributed by atoms with Crippen molar-refractivity contribution >= 4 is 22.6 Å². The van der Waals surface area contributed by atoms with Gasteiger partial charge in [0.1, 0.15) is 5.65 Å². The zero-order valence-corrected chi connectivity index (χ0v) is 25.0. The van der Waals surface area contributed by atoms with Gasteiger partial charge in [0.2, 0.25) is 0 Å². The quantitative estimate of drug-likeness (QED) is 0.148. The number of aryl methyl sites for hydroxylation is 2. The van der Waals surface area contributed by atoms with E-state index in [9.17, 15) is 4.79 Å². The molecule has 1 aliphatic rings. The van der Waals surface area contributed by atoms with Gasteiger partial charge in [0.25, 0.3) is 0 Å². The van der Waals surface area contributed by atoms with Crippen LogP contribution >= 0.6 is 11.6 Å². The van der Waals surface area contributed by atoms with Crippen molar-refractivity contribution < 1.29 is 4.39 Å². The van der Waals surface area contributed by atoms with Gasteiger partial charge >= 0.3 is 5.69 Å². The molecule has 3 aromatic heterocycles. The number of halogens is 2. The number of benzene rings is 2. The maximum atomic E-state index is 15.1. The van der Waals surface area contributed by atoms with E-state index in [1.165, 1.54) is 16.6 Å². The van der Waals surface area contributed by atoms with E-state index in [1.54, 1.807) is 24.7 Å². The van der Waals surface area contributed by atoms with Crippen LogP contribution in [0.2, 0.25) is 5.02 Å². The lowest BCUT2D eigenvalue weighted by atomic mass is 9.91. The summed E-state index contributed by atoms with van der Waals surface area (Å²) in [6.07, 6.45) is 13.3. The van der Waals surface area contributed by atoms with Crippen LogP contribution in [0.25, 0.3) is 28.0 Å². The summed E-state index contributed by atoms with van der Waals surface area (Å²) in [6.45, 7) is 1.97. The van der Waals surface area contributed by atoms with Crippen LogP contribution in [0.4, 0.5) is 4.39 Å². The number of fused-ring (bicyclic) bond motifs is 1. The van der Waals surface area contributed by atoms with E-state index in [2.05, 4.69) is 37.4 Å². The Bertz CT molecular complexity index is 1740. The number of nitrogens with one attached hydrogen (secondary N) is 3.